The van der Waals surface area contributed by atoms with Gasteiger partial charge in [-0.2, -0.15) is 14.9 Å². The minimum Gasteiger partial charge on any atom is -0.453 e. The van der Waals surface area contributed by atoms with E-state index in [-0.39, 0.29) is 41.1 Å². The van der Waals surface area contributed by atoms with Crippen LogP contribution in [0, 0.1) is 18.6 Å². The number of carbonyl (C=O) groups excluding carboxylic acids is 1. The summed E-state index contributed by atoms with van der Waals surface area (Å²) in [4.78, 5) is 30.1. The maximum Gasteiger partial charge on any atom is 0.284 e. The van der Waals surface area contributed by atoms with Crippen LogP contribution in [0.25, 0.3) is 16.7 Å². The Kier molecular flexibility index (Phi) is 7.21. The molecule has 1 amide bonds. The number of halogens is 2. The predicted octanol–water partition coefficient (Wildman–Crippen LogP) is 3.93. The zero-order valence-corrected chi connectivity index (χ0v) is 21.3. The quantitative estimate of drug-likeness (QED) is 0.229. The van der Waals surface area contributed by atoms with Crippen molar-refractivity contribution in [1.29, 1.82) is 0 Å². The fourth-order valence-electron chi connectivity index (χ4n) is 3.91. The first-order chi connectivity index (χ1) is 19.2. The second kappa shape index (κ2) is 10.9. The summed E-state index contributed by atoms with van der Waals surface area (Å²) in [5.74, 6) is -1.53. The second-order valence-corrected chi connectivity index (χ2v) is 8.93. The summed E-state index contributed by atoms with van der Waals surface area (Å²) in [7, 11) is 0. The number of nitrogens with zero attached hydrogens (tertiary/aromatic N) is 4. The summed E-state index contributed by atoms with van der Waals surface area (Å²) in [5, 5.41) is 26.4. The third kappa shape index (κ3) is 5.35. The lowest BCUT2D eigenvalue weighted by molar-refractivity contribution is 0.102. The largest absolute Gasteiger partial charge is 0.453 e. The smallest absolute Gasteiger partial charge is 0.284 e. The topological polar surface area (TPSA) is 147 Å². The molecule has 0 aliphatic carbocycles. The van der Waals surface area contributed by atoms with E-state index in [1.165, 1.54) is 48.7 Å². The number of carbonyl (C=O) groups is 1. The van der Waals surface area contributed by atoms with Crippen molar-refractivity contribution in [3.63, 3.8) is 0 Å². The minimum atomic E-state index is -0.779. The molecule has 1 atom stereocenters. The zero-order valence-electron chi connectivity index (χ0n) is 21.3. The van der Waals surface area contributed by atoms with Gasteiger partial charge in [-0.1, -0.05) is 0 Å². The van der Waals surface area contributed by atoms with E-state index in [2.05, 4.69) is 30.9 Å². The van der Waals surface area contributed by atoms with Gasteiger partial charge in [0.2, 0.25) is 0 Å². The summed E-state index contributed by atoms with van der Waals surface area (Å²) in [6.45, 7) is 3.23. The number of amides is 1. The highest BCUT2D eigenvalue weighted by Crippen LogP contribution is 2.34. The Morgan fingerprint density at radius 3 is 2.62 bits per heavy atom. The Hall–Kier alpha value is -5.17. The van der Waals surface area contributed by atoms with E-state index in [0.717, 1.165) is 10.7 Å². The van der Waals surface area contributed by atoms with Crippen molar-refractivity contribution in [3.8, 4) is 17.2 Å². The molecule has 11 nitrogen and oxygen atoms in total. The molecule has 2 aromatic carbocycles. The van der Waals surface area contributed by atoms with Crippen LogP contribution in [0.4, 0.5) is 20.3 Å². The van der Waals surface area contributed by atoms with E-state index in [1.54, 1.807) is 19.9 Å². The minimum absolute atomic E-state index is 0.0827. The highest BCUT2D eigenvalue weighted by Gasteiger charge is 2.19. The number of aromatic nitrogens is 5. The zero-order chi connectivity index (χ0) is 28.4. The molecule has 3 heterocycles. The number of rotatable bonds is 8. The number of aromatic amines is 1. The Labute approximate surface area is 225 Å². The molecule has 0 spiro atoms. The molecule has 0 aliphatic rings. The average molecular weight is 548 g/mol. The number of aliphatic hydroxyl groups excluding tert-OH is 1. The Morgan fingerprint density at radius 1 is 1.12 bits per heavy atom. The summed E-state index contributed by atoms with van der Waals surface area (Å²) in [5.41, 5.74) is 0.177. The third-order valence-corrected chi connectivity index (χ3v) is 5.84. The van der Waals surface area contributed by atoms with Gasteiger partial charge < -0.3 is 20.5 Å². The van der Waals surface area contributed by atoms with Crippen LogP contribution in [-0.4, -0.2) is 48.6 Å². The van der Waals surface area contributed by atoms with Gasteiger partial charge in [-0.15, -0.1) is 0 Å². The van der Waals surface area contributed by atoms with Gasteiger partial charge in [-0.05, 0) is 56.3 Å². The van der Waals surface area contributed by atoms with Crippen molar-refractivity contribution in [2.45, 2.75) is 19.9 Å². The number of aryl methyl sites for hydroxylation is 1. The van der Waals surface area contributed by atoms with Gasteiger partial charge >= 0.3 is 0 Å². The number of nitrogens with one attached hydrogen (secondary N) is 3. The Balaban J connectivity index is 1.38. The molecule has 0 saturated carbocycles. The van der Waals surface area contributed by atoms with Crippen LogP contribution in [0.5, 0.6) is 11.5 Å². The van der Waals surface area contributed by atoms with Crippen molar-refractivity contribution in [2.75, 3.05) is 17.2 Å². The fraction of sp³-hybridized carbons (Fsp3) is 0.148. The summed E-state index contributed by atoms with van der Waals surface area (Å²) in [6, 6.07) is 11.4. The number of benzene rings is 2. The molecule has 0 fully saturated rings. The van der Waals surface area contributed by atoms with Crippen LogP contribution in [0.15, 0.2) is 65.6 Å². The molecule has 40 heavy (non-hydrogen) atoms. The van der Waals surface area contributed by atoms with Crippen molar-refractivity contribution in [2.24, 2.45) is 0 Å². The second-order valence-electron chi connectivity index (χ2n) is 8.93. The molecular formula is C27H23F2N7O4. The summed E-state index contributed by atoms with van der Waals surface area (Å²) in [6.07, 6.45) is 1.47. The molecule has 0 saturated heterocycles. The Bertz CT molecular complexity index is 1770. The van der Waals surface area contributed by atoms with Crippen molar-refractivity contribution >= 4 is 28.4 Å². The third-order valence-electron chi connectivity index (χ3n) is 5.84. The van der Waals surface area contributed by atoms with Crippen LogP contribution in [0.3, 0.4) is 0 Å². The van der Waals surface area contributed by atoms with Gasteiger partial charge in [-0.25, -0.2) is 13.8 Å². The number of ether oxygens (including phenoxy) is 1. The van der Waals surface area contributed by atoms with Crippen LogP contribution in [0.2, 0.25) is 0 Å². The molecule has 13 heteroatoms. The number of hydrogen-bond donors (Lipinski definition) is 4. The van der Waals surface area contributed by atoms with Crippen molar-refractivity contribution in [3.05, 3.63) is 94.0 Å². The molecule has 1 unspecified atom stereocenters. The van der Waals surface area contributed by atoms with Crippen molar-refractivity contribution < 1.29 is 23.4 Å². The molecule has 204 valence electrons. The van der Waals surface area contributed by atoms with Crippen LogP contribution < -0.4 is 20.9 Å². The van der Waals surface area contributed by atoms with Crippen molar-refractivity contribution in [1.82, 2.24) is 25.0 Å². The van der Waals surface area contributed by atoms with Gasteiger partial charge in [-0.3, -0.25) is 14.7 Å². The lowest BCUT2D eigenvalue weighted by Gasteiger charge is -2.13. The molecule has 0 bridgehead atoms. The molecule has 0 radical (unpaired) electrons. The summed E-state index contributed by atoms with van der Waals surface area (Å²) < 4.78 is 35.2. The number of anilines is 2. The Morgan fingerprint density at radius 2 is 1.90 bits per heavy atom. The lowest BCUT2D eigenvalue weighted by atomic mass is 10.2. The molecule has 3 aromatic heterocycles. The van der Waals surface area contributed by atoms with Gasteiger partial charge in [0, 0.05) is 30.1 Å². The first kappa shape index (κ1) is 26.4. The van der Waals surface area contributed by atoms with Gasteiger partial charge in [0.1, 0.15) is 22.5 Å². The lowest BCUT2D eigenvalue weighted by Crippen LogP contribution is -2.30. The number of aliphatic hydroxyl groups is 1. The van der Waals surface area contributed by atoms with Gasteiger partial charge in [0.05, 0.1) is 18.0 Å². The SMILES string of the molecule is Cc1cc(C(=O)Nc2ccc(Oc3ccnc4[nH]nc(NC(C)CO)c34)c(F)c2)c(=O)n(-c2ccc(F)cc2)n1. The van der Waals surface area contributed by atoms with Gasteiger partial charge in [0.25, 0.3) is 11.5 Å². The first-order valence-corrected chi connectivity index (χ1v) is 12.1. The fourth-order valence-corrected chi connectivity index (χ4v) is 3.91. The molecule has 5 rings (SSSR count). The normalized spacial score (nSPS) is 11.8. The molecule has 4 N–H and O–H groups in total. The van der Waals surface area contributed by atoms with E-state index in [9.17, 15) is 19.1 Å². The van der Waals surface area contributed by atoms with E-state index < -0.39 is 23.1 Å². The molecule has 0 aliphatic heterocycles. The van der Waals surface area contributed by atoms with E-state index in [4.69, 9.17) is 4.74 Å². The van der Waals surface area contributed by atoms with E-state index in [0.29, 0.717) is 22.5 Å². The van der Waals surface area contributed by atoms with E-state index in [1.807, 2.05) is 0 Å². The van der Waals surface area contributed by atoms with Crippen LogP contribution >= 0.6 is 0 Å². The maximum absolute atomic E-state index is 15.1. The number of fused-ring (bicyclic) bond motifs is 1. The standard InChI is InChI=1S/C27H23F2N7O4/c1-14-11-19(27(39)36(35-14)18-6-3-16(28)4-7-18)26(38)32-17-5-8-21(20(29)12-17)40-22-9-10-30-24-23(22)25(34-33-24)31-15(2)13-37/h3-12,15,37H,13H2,1-2H3,(H,32,38)(H2,30,31,33,34). The number of pyridine rings is 1. The maximum atomic E-state index is 15.1. The van der Waals surface area contributed by atoms with Crippen LogP contribution in [0.1, 0.15) is 23.0 Å². The van der Waals surface area contributed by atoms with E-state index >= 15 is 4.39 Å². The average Bonchev–Trinajstić information content (AvgIpc) is 3.35. The summed E-state index contributed by atoms with van der Waals surface area (Å²) >= 11 is 0. The number of H-pyrrole nitrogens is 1. The predicted molar refractivity (Wildman–Crippen MR) is 143 cm³/mol. The van der Waals surface area contributed by atoms with Gasteiger partial charge in [0.15, 0.2) is 23.0 Å². The van der Waals surface area contributed by atoms with Crippen LogP contribution in [-0.2, 0) is 0 Å². The molecule has 5 aromatic rings. The number of hydrogen-bond acceptors (Lipinski definition) is 8. The monoisotopic (exact) mass is 547 g/mol. The molecular weight excluding hydrogens is 524 g/mol. The first-order valence-electron chi connectivity index (χ1n) is 12.1. The highest BCUT2D eigenvalue weighted by molar-refractivity contribution is 6.04. The highest BCUT2D eigenvalue weighted by atomic mass is 19.1.